The van der Waals surface area contributed by atoms with Gasteiger partial charge in [-0.3, -0.25) is 4.68 Å². The molecular formula is C10H15N3O. The first-order valence-corrected chi connectivity index (χ1v) is 4.80. The van der Waals surface area contributed by atoms with Crippen molar-refractivity contribution in [1.82, 2.24) is 15.1 Å². The lowest BCUT2D eigenvalue weighted by atomic mass is 10.1. The number of hydrogen-bond donors (Lipinski definition) is 1. The molecule has 0 saturated heterocycles. The minimum absolute atomic E-state index is 0.145. The van der Waals surface area contributed by atoms with Crippen LogP contribution in [0.3, 0.4) is 0 Å². The van der Waals surface area contributed by atoms with Gasteiger partial charge in [0.15, 0.2) is 0 Å². The molecule has 4 nitrogen and oxygen atoms in total. The molecule has 0 spiro atoms. The van der Waals surface area contributed by atoms with Crippen LogP contribution >= 0.6 is 0 Å². The van der Waals surface area contributed by atoms with E-state index in [2.05, 4.69) is 16.5 Å². The summed E-state index contributed by atoms with van der Waals surface area (Å²) in [7, 11) is 3.85. The molecule has 0 amide bonds. The molecule has 1 aliphatic heterocycles. The molecule has 0 saturated carbocycles. The van der Waals surface area contributed by atoms with Crippen LogP contribution < -0.4 is 5.32 Å². The molecule has 0 bridgehead atoms. The maximum atomic E-state index is 5.53. The molecule has 1 aliphatic rings. The minimum atomic E-state index is 0.145. The summed E-state index contributed by atoms with van der Waals surface area (Å²) in [4.78, 5) is 0. The van der Waals surface area contributed by atoms with Crippen molar-refractivity contribution in [3.05, 3.63) is 29.8 Å². The number of hydrogen-bond acceptors (Lipinski definition) is 3. The van der Waals surface area contributed by atoms with Gasteiger partial charge in [-0.25, -0.2) is 0 Å². The Morgan fingerprint density at radius 1 is 1.64 bits per heavy atom. The van der Waals surface area contributed by atoms with Gasteiger partial charge in [-0.15, -0.1) is 0 Å². The predicted molar refractivity (Wildman–Crippen MR) is 53.7 cm³/mol. The van der Waals surface area contributed by atoms with Gasteiger partial charge in [0.2, 0.25) is 0 Å². The summed E-state index contributed by atoms with van der Waals surface area (Å²) in [6.07, 6.45) is 7.01. The molecule has 2 rings (SSSR count). The monoisotopic (exact) mass is 193 g/mol. The van der Waals surface area contributed by atoms with Crippen LogP contribution in [0.4, 0.5) is 0 Å². The van der Waals surface area contributed by atoms with Gasteiger partial charge >= 0.3 is 0 Å². The smallest absolute Gasteiger partial charge is 0.114 e. The summed E-state index contributed by atoms with van der Waals surface area (Å²) in [5.74, 6) is 1.01. The summed E-state index contributed by atoms with van der Waals surface area (Å²) < 4.78 is 7.33. The number of aromatic nitrogens is 2. The molecule has 1 atom stereocenters. The van der Waals surface area contributed by atoms with Gasteiger partial charge < -0.3 is 10.1 Å². The number of ether oxygens (including phenoxy) is 1. The number of rotatable bonds is 3. The van der Waals surface area contributed by atoms with Crippen LogP contribution in [0, 0.1) is 0 Å². The molecule has 1 N–H and O–H groups in total. The molecule has 0 aliphatic carbocycles. The van der Waals surface area contributed by atoms with E-state index < -0.39 is 0 Å². The standard InChI is InChI=1S/C10H15N3O/c1-11-10(9-4-3-5-14-9)8-6-12-13(2)7-8/h4,6-7,10-11H,3,5H2,1-2H3. The van der Waals surface area contributed by atoms with Crippen molar-refractivity contribution in [3.63, 3.8) is 0 Å². The zero-order valence-electron chi connectivity index (χ0n) is 8.53. The second-order valence-corrected chi connectivity index (χ2v) is 3.41. The van der Waals surface area contributed by atoms with E-state index in [-0.39, 0.29) is 6.04 Å². The van der Waals surface area contributed by atoms with E-state index in [0.29, 0.717) is 0 Å². The van der Waals surface area contributed by atoms with Crippen molar-refractivity contribution in [2.75, 3.05) is 13.7 Å². The molecule has 0 aromatic carbocycles. The Hall–Kier alpha value is -1.29. The fourth-order valence-corrected chi connectivity index (χ4v) is 1.70. The molecule has 14 heavy (non-hydrogen) atoms. The molecule has 4 heteroatoms. The molecule has 0 fully saturated rings. The Morgan fingerprint density at radius 3 is 3.00 bits per heavy atom. The summed E-state index contributed by atoms with van der Waals surface area (Å²) in [6, 6.07) is 0.145. The lowest BCUT2D eigenvalue weighted by Crippen LogP contribution is -2.18. The highest BCUT2D eigenvalue weighted by atomic mass is 16.5. The third-order valence-corrected chi connectivity index (χ3v) is 2.36. The molecule has 1 aromatic heterocycles. The van der Waals surface area contributed by atoms with E-state index in [4.69, 9.17) is 4.74 Å². The first kappa shape index (κ1) is 9.27. The summed E-state index contributed by atoms with van der Waals surface area (Å²) >= 11 is 0. The second-order valence-electron chi connectivity index (χ2n) is 3.41. The summed E-state index contributed by atoms with van der Waals surface area (Å²) in [6.45, 7) is 0.799. The van der Waals surface area contributed by atoms with Gasteiger partial charge in [-0.05, 0) is 13.1 Å². The van der Waals surface area contributed by atoms with Crippen molar-refractivity contribution < 1.29 is 4.74 Å². The molecule has 76 valence electrons. The van der Waals surface area contributed by atoms with Crippen LogP contribution in [0.25, 0.3) is 0 Å². The van der Waals surface area contributed by atoms with Crippen molar-refractivity contribution in [2.24, 2.45) is 7.05 Å². The largest absolute Gasteiger partial charge is 0.496 e. The third kappa shape index (κ3) is 1.65. The van der Waals surface area contributed by atoms with Crippen LogP contribution in [0.5, 0.6) is 0 Å². The number of nitrogens with one attached hydrogen (secondary N) is 1. The second kappa shape index (κ2) is 3.84. The van der Waals surface area contributed by atoms with Crippen molar-refractivity contribution in [1.29, 1.82) is 0 Å². The highest BCUT2D eigenvalue weighted by Gasteiger charge is 2.19. The lowest BCUT2D eigenvalue weighted by Gasteiger charge is -2.15. The zero-order chi connectivity index (χ0) is 9.97. The minimum Gasteiger partial charge on any atom is -0.496 e. The quantitative estimate of drug-likeness (QED) is 0.778. The molecule has 0 radical (unpaired) electrons. The normalized spacial score (nSPS) is 17.7. The summed E-state index contributed by atoms with van der Waals surface area (Å²) in [5.41, 5.74) is 1.14. The molecule has 1 unspecified atom stereocenters. The SMILES string of the molecule is CNC(C1=CCCO1)c1cnn(C)c1. The van der Waals surface area contributed by atoms with Crippen LogP contribution in [0.1, 0.15) is 18.0 Å². The van der Waals surface area contributed by atoms with Crippen LogP contribution in [0.15, 0.2) is 24.2 Å². The Morgan fingerprint density at radius 2 is 2.50 bits per heavy atom. The molecule has 2 heterocycles. The highest BCUT2D eigenvalue weighted by Crippen LogP contribution is 2.25. The van der Waals surface area contributed by atoms with Gasteiger partial charge in [0.25, 0.3) is 0 Å². The Kier molecular flexibility index (Phi) is 2.54. The van der Waals surface area contributed by atoms with Crippen molar-refractivity contribution in [2.45, 2.75) is 12.5 Å². The van der Waals surface area contributed by atoms with Gasteiger partial charge in [0.1, 0.15) is 5.76 Å². The maximum Gasteiger partial charge on any atom is 0.114 e. The van der Waals surface area contributed by atoms with Crippen LogP contribution in [-0.2, 0) is 11.8 Å². The topological polar surface area (TPSA) is 39.1 Å². The first-order chi connectivity index (χ1) is 6.81. The lowest BCUT2D eigenvalue weighted by molar-refractivity contribution is 0.218. The summed E-state index contributed by atoms with van der Waals surface area (Å²) in [5, 5.41) is 7.38. The predicted octanol–water partition coefficient (Wildman–Crippen LogP) is 0.985. The number of nitrogens with zero attached hydrogens (tertiary/aromatic N) is 2. The van der Waals surface area contributed by atoms with Gasteiger partial charge in [0, 0.05) is 25.2 Å². The van der Waals surface area contributed by atoms with E-state index >= 15 is 0 Å². The third-order valence-electron chi connectivity index (χ3n) is 2.36. The van der Waals surface area contributed by atoms with Gasteiger partial charge in [0.05, 0.1) is 18.8 Å². The number of aryl methyl sites for hydroxylation is 1. The van der Waals surface area contributed by atoms with Gasteiger partial charge in [-0.1, -0.05) is 0 Å². The average molecular weight is 193 g/mol. The average Bonchev–Trinajstić information content (AvgIpc) is 2.79. The Labute approximate surface area is 83.6 Å². The maximum absolute atomic E-state index is 5.53. The molecular weight excluding hydrogens is 178 g/mol. The Balaban J connectivity index is 2.20. The number of likely N-dealkylation sites (N-methyl/N-ethyl adjacent to an activating group) is 1. The fraction of sp³-hybridized carbons (Fsp3) is 0.500. The first-order valence-electron chi connectivity index (χ1n) is 4.80. The van der Waals surface area contributed by atoms with E-state index in [0.717, 1.165) is 24.4 Å². The van der Waals surface area contributed by atoms with E-state index in [1.807, 2.05) is 26.5 Å². The highest BCUT2D eigenvalue weighted by molar-refractivity contribution is 5.22. The van der Waals surface area contributed by atoms with Crippen molar-refractivity contribution >= 4 is 0 Å². The van der Waals surface area contributed by atoms with E-state index in [9.17, 15) is 0 Å². The Bertz CT molecular complexity index is 343. The zero-order valence-corrected chi connectivity index (χ0v) is 8.53. The van der Waals surface area contributed by atoms with E-state index in [1.165, 1.54) is 0 Å². The van der Waals surface area contributed by atoms with Crippen LogP contribution in [-0.4, -0.2) is 23.4 Å². The van der Waals surface area contributed by atoms with E-state index in [1.54, 1.807) is 4.68 Å². The van der Waals surface area contributed by atoms with Crippen molar-refractivity contribution in [3.8, 4) is 0 Å². The molecule has 1 aromatic rings. The fourth-order valence-electron chi connectivity index (χ4n) is 1.70. The van der Waals surface area contributed by atoms with Gasteiger partial charge in [-0.2, -0.15) is 5.10 Å². The van der Waals surface area contributed by atoms with Crippen LogP contribution in [0.2, 0.25) is 0 Å².